The molecule has 1 aromatic heterocycles. The highest BCUT2D eigenvalue weighted by Gasteiger charge is 2.63. The van der Waals surface area contributed by atoms with Crippen LogP contribution in [-0.4, -0.2) is 66.3 Å². The molecule has 1 spiro atoms. The van der Waals surface area contributed by atoms with Gasteiger partial charge in [-0.05, 0) is 38.3 Å². The van der Waals surface area contributed by atoms with Crippen molar-refractivity contribution in [3.8, 4) is 6.07 Å². The van der Waals surface area contributed by atoms with Gasteiger partial charge in [0, 0.05) is 44.1 Å². The van der Waals surface area contributed by atoms with E-state index in [4.69, 9.17) is 14.6 Å². The summed E-state index contributed by atoms with van der Waals surface area (Å²) in [5.74, 6) is 0.856. The first-order chi connectivity index (χ1) is 15.2. The molecule has 4 atom stereocenters. The molecule has 0 aliphatic carbocycles. The van der Waals surface area contributed by atoms with Crippen LogP contribution < -0.4 is 15.5 Å². The van der Waals surface area contributed by atoms with Crippen LogP contribution in [0.5, 0.6) is 0 Å². The fourth-order valence-corrected chi connectivity index (χ4v) is 5.31. The van der Waals surface area contributed by atoms with E-state index in [0.29, 0.717) is 12.1 Å². The third-order valence-electron chi connectivity index (χ3n) is 6.55. The molecule has 2 bridgehead atoms. The van der Waals surface area contributed by atoms with Crippen LogP contribution >= 0.6 is 0 Å². The van der Waals surface area contributed by atoms with Crippen molar-refractivity contribution in [2.75, 3.05) is 31.1 Å². The van der Waals surface area contributed by atoms with Crippen molar-refractivity contribution in [2.45, 2.75) is 45.3 Å². The zero-order chi connectivity index (χ0) is 23.5. The summed E-state index contributed by atoms with van der Waals surface area (Å²) in [7, 11) is 0. The van der Waals surface area contributed by atoms with Crippen molar-refractivity contribution in [1.29, 1.82) is 5.26 Å². The molecular weight excluding hydrogens is 414 g/mol. The number of aryl methyl sites for hydroxylation is 2. The average molecular weight is 444 g/mol. The average Bonchev–Trinajstić information content (AvgIpc) is 3.39. The summed E-state index contributed by atoms with van der Waals surface area (Å²) in [6.07, 6.45) is 2.15. The Morgan fingerprint density at radius 1 is 1.44 bits per heavy atom. The fourth-order valence-electron chi connectivity index (χ4n) is 5.31. The standard InChI is InChI=1S/C21H27N5O3.CH2O2/c1-12-6-13(2)25-20(15(12)7-22)26-10-17-16(8-24-19(28)9-23-14(3)27)18-4-5-21(17,11-26)29-18;2-1-3/h6,16-18H,4-5,8-11H2,1-3H3,(H,23,27)(H,24,28);1H,(H,2,3)/t16-,17+,18+,21+;/m0./s1. The second-order valence-corrected chi connectivity index (χ2v) is 8.62. The van der Waals surface area contributed by atoms with Crippen LogP contribution in [0.3, 0.4) is 0 Å². The van der Waals surface area contributed by atoms with Gasteiger partial charge in [-0.25, -0.2) is 4.98 Å². The Labute approximate surface area is 186 Å². The smallest absolute Gasteiger partial charge is 0.290 e. The summed E-state index contributed by atoms with van der Waals surface area (Å²) >= 11 is 0. The minimum absolute atomic E-state index is 0.00642. The van der Waals surface area contributed by atoms with E-state index in [1.165, 1.54) is 6.92 Å². The maximum Gasteiger partial charge on any atom is 0.290 e. The highest BCUT2D eigenvalue weighted by Crippen LogP contribution is 2.55. The van der Waals surface area contributed by atoms with E-state index in [9.17, 15) is 14.9 Å². The van der Waals surface area contributed by atoms with Crippen LogP contribution in [0.1, 0.15) is 36.6 Å². The van der Waals surface area contributed by atoms with Gasteiger partial charge >= 0.3 is 0 Å². The van der Waals surface area contributed by atoms with E-state index in [1.807, 2.05) is 19.9 Å². The second-order valence-electron chi connectivity index (χ2n) is 8.62. The van der Waals surface area contributed by atoms with Gasteiger partial charge in [-0.15, -0.1) is 0 Å². The number of hydrogen-bond donors (Lipinski definition) is 3. The van der Waals surface area contributed by atoms with Crippen molar-refractivity contribution in [3.63, 3.8) is 0 Å². The quantitative estimate of drug-likeness (QED) is 0.558. The Hall–Kier alpha value is -3.19. The minimum atomic E-state index is -0.250. The number of pyridine rings is 1. The van der Waals surface area contributed by atoms with Crippen LogP contribution in [0.15, 0.2) is 6.07 Å². The van der Waals surface area contributed by atoms with E-state index < -0.39 is 0 Å². The number of carbonyl (C=O) groups excluding carboxylic acids is 2. The molecule has 4 rings (SSSR count). The molecule has 0 unspecified atom stereocenters. The Morgan fingerprint density at radius 3 is 2.81 bits per heavy atom. The van der Waals surface area contributed by atoms with Crippen molar-refractivity contribution < 1.29 is 24.2 Å². The molecule has 10 heteroatoms. The molecule has 32 heavy (non-hydrogen) atoms. The van der Waals surface area contributed by atoms with Crippen LogP contribution in [0.25, 0.3) is 0 Å². The van der Waals surface area contributed by atoms with Crippen molar-refractivity contribution in [2.24, 2.45) is 11.8 Å². The summed E-state index contributed by atoms with van der Waals surface area (Å²) in [4.78, 5) is 38.2. The number of anilines is 1. The van der Waals surface area contributed by atoms with Gasteiger partial charge in [-0.3, -0.25) is 14.4 Å². The van der Waals surface area contributed by atoms with Gasteiger partial charge in [0.05, 0.1) is 23.8 Å². The molecule has 3 aliphatic rings. The summed E-state index contributed by atoms with van der Waals surface area (Å²) < 4.78 is 6.44. The SMILES string of the molecule is CC(=O)NCC(=O)NC[C@H]1[C@H]2CN(c3nc(C)cc(C)c3C#N)C[C@]23CC[C@H]1O3.O=CO. The Morgan fingerprint density at radius 2 is 2.16 bits per heavy atom. The fraction of sp³-hybridized carbons (Fsp3) is 0.591. The highest BCUT2D eigenvalue weighted by molar-refractivity contribution is 5.83. The number of aromatic nitrogens is 1. The lowest BCUT2D eigenvalue weighted by Gasteiger charge is -2.29. The number of ether oxygens (including phenoxy) is 1. The van der Waals surface area contributed by atoms with Gasteiger partial charge in [0.15, 0.2) is 0 Å². The van der Waals surface area contributed by atoms with Crippen molar-refractivity contribution in [3.05, 3.63) is 22.9 Å². The molecule has 0 saturated carbocycles. The van der Waals surface area contributed by atoms with Gasteiger partial charge in [0.1, 0.15) is 11.9 Å². The van der Waals surface area contributed by atoms with Crippen LogP contribution in [-0.2, 0) is 19.1 Å². The molecule has 2 amide bonds. The first kappa shape index (κ1) is 23.5. The lowest BCUT2D eigenvalue weighted by atomic mass is 9.73. The molecule has 3 fully saturated rings. The molecular formula is C22H29N5O5. The third kappa shape index (κ3) is 4.53. The molecule has 10 nitrogen and oxygen atoms in total. The zero-order valence-corrected chi connectivity index (χ0v) is 18.6. The maximum absolute atomic E-state index is 12.0. The number of carbonyl (C=O) groups is 3. The number of fused-ring (bicyclic) bond motifs is 1. The first-order valence-electron chi connectivity index (χ1n) is 10.6. The van der Waals surface area contributed by atoms with Crippen molar-refractivity contribution >= 4 is 24.1 Å². The number of carboxylic acid groups (broad SMARTS) is 1. The zero-order valence-electron chi connectivity index (χ0n) is 18.6. The van der Waals surface area contributed by atoms with E-state index >= 15 is 0 Å². The van der Waals surface area contributed by atoms with Gasteiger partial charge < -0.3 is 25.4 Å². The van der Waals surface area contributed by atoms with Gasteiger partial charge in [0.25, 0.3) is 6.47 Å². The summed E-state index contributed by atoms with van der Waals surface area (Å²) in [6, 6.07) is 4.25. The molecule has 172 valence electrons. The van der Waals surface area contributed by atoms with Crippen LogP contribution in [0.4, 0.5) is 5.82 Å². The summed E-state index contributed by atoms with van der Waals surface area (Å²) in [5, 5.41) is 22.0. The monoisotopic (exact) mass is 443 g/mol. The number of amides is 2. The van der Waals surface area contributed by atoms with Gasteiger partial charge in [0.2, 0.25) is 11.8 Å². The van der Waals surface area contributed by atoms with Crippen LogP contribution in [0.2, 0.25) is 0 Å². The topological polar surface area (TPSA) is 145 Å². The third-order valence-corrected chi connectivity index (χ3v) is 6.55. The predicted octanol–water partition coefficient (Wildman–Crippen LogP) is 0.507. The second kappa shape index (κ2) is 9.53. The lowest BCUT2D eigenvalue weighted by Crippen LogP contribution is -2.44. The van der Waals surface area contributed by atoms with Crippen LogP contribution in [0, 0.1) is 37.0 Å². The summed E-state index contributed by atoms with van der Waals surface area (Å²) in [5.41, 5.74) is 2.25. The van der Waals surface area contributed by atoms with E-state index in [0.717, 1.165) is 43.0 Å². The molecule has 0 aromatic carbocycles. The Bertz CT molecular complexity index is 945. The van der Waals surface area contributed by atoms with Crippen molar-refractivity contribution in [1.82, 2.24) is 15.6 Å². The Kier molecular flexibility index (Phi) is 6.99. The Balaban J connectivity index is 0.000000913. The molecule has 3 aliphatic heterocycles. The molecule has 1 aromatic rings. The largest absolute Gasteiger partial charge is 0.483 e. The highest BCUT2D eigenvalue weighted by atomic mass is 16.5. The van der Waals surface area contributed by atoms with E-state index in [-0.39, 0.29) is 48.4 Å². The summed E-state index contributed by atoms with van der Waals surface area (Å²) in [6.45, 7) is 7.07. The molecule has 4 heterocycles. The number of nitrogens with one attached hydrogen (secondary N) is 2. The molecule has 0 radical (unpaired) electrons. The van der Waals surface area contributed by atoms with Gasteiger partial charge in [-0.2, -0.15) is 5.26 Å². The predicted molar refractivity (Wildman–Crippen MR) is 115 cm³/mol. The van der Waals surface area contributed by atoms with E-state index in [2.05, 4.69) is 26.6 Å². The molecule has 3 N–H and O–H groups in total. The number of hydrogen-bond acceptors (Lipinski definition) is 7. The maximum atomic E-state index is 12.0. The normalized spacial score (nSPS) is 27.1. The number of nitriles is 1. The first-order valence-corrected chi connectivity index (χ1v) is 10.6. The van der Waals surface area contributed by atoms with Gasteiger partial charge in [-0.1, -0.05) is 0 Å². The number of rotatable bonds is 5. The minimum Gasteiger partial charge on any atom is -0.483 e. The number of nitrogens with zero attached hydrogens (tertiary/aromatic N) is 3. The molecule has 3 saturated heterocycles. The lowest BCUT2D eigenvalue weighted by molar-refractivity contribution is -0.125. The van der Waals surface area contributed by atoms with E-state index in [1.54, 1.807) is 0 Å².